The third-order valence-corrected chi connectivity index (χ3v) is 12.5. The van der Waals surface area contributed by atoms with Crippen LogP contribution in [0, 0.1) is 25.7 Å². The normalized spacial score (nSPS) is 18.9. The Labute approximate surface area is 322 Å². The van der Waals surface area contributed by atoms with E-state index in [2.05, 4.69) is 9.44 Å². The zero-order valence-corrected chi connectivity index (χ0v) is 34.3. The summed E-state index contributed by atoms with van der Waals surface area (Å²) in [5.41, 5.74) is 1.85. The molecule has 2 aromatic rings. The Morgan fingerprint density at radius 3 is 1.09 bits per heavy atom. The second-order valence-electron chi connectivity index (χ2n) is 13.7. The van der Waals surface area contributed by atoms with Gasteiger partial charge in [0.05, 0.1) is 62.6 Å². The minimum absolute atomic E-state index is 0.0890. The van der Waals surface area contributed by atoms with Crippen LogP contribution >= 0.6 is 0 Å². The number of hydrogen-bond donors (Lipinski definition) is 2. The molecular weight excluding hydrogens is 737 g/mol. The Balaban J connectivity index is 1.64. The highest BCUT2D eigenvalue weighted by atomic mass is 32.2. The van der Waals surface area contributed by atoms with Crippen molar-refractivity contribution in [3.63, 3.8) is 0 Å². The van der Waals surface area contributed by atoms with Crippen LogP contribution in [0.5, 0.6) is 0 Å². The number of hydrogen-bond acceptors (Lipinski definition) is 10. The summed E-state index contributed by atoms with van der Waals surface area (Å²) in [6, 6.07) is 11.0. The molecule has 0 bridgehead atoms. The Hall–Kier alpha value is -2.96. The Bertz CT molecular complexity index is 1510. The van der Waals surface area contributed by atoms with Crippen LogP contribution in [0.2, 0.25) is 0 Å². The first-order valence-corrected chi connectivity index (χ1v) is 21.7. The van der Waals surface area contributed by atoms with E-state index in [1.807, 2.05) is 41.5 Å². The zero-order chi connectivity index (χ0) is 39.7. The largest absolute Gasteiger partial charge is 0.377 e. The lowest BCUT2D eigenvalue weighted by Crippen LogP contribution is -2.53. The lowest BCUT2D eigenvalue weighted by molar-refractivity contribution is -0.137. The highest BCUT2D eigenvalue weighted by Crippen LogP contribution is 2.19. The molecule has 1 saturated heterocycles. The SMILES string of the molecule is CC[C@H](C)[C@H](NS(=O)(=O)c1ccc(C)cc1)C(=O)N1CCOCCOCCN(C(=O)[C@H](NS(=O)(=O)c2ccc(C)cc2)[C@@H](C)CC)CCOCCOCC1. The summed E-state index contributed by atoms with van der Waals surface area (Å²) in [5, 5.41) is 0. The van der Waals surface area contributed by atoms with Gasteiger partial charge in [-0.15, -0.1) is 0 Å². The zero-order valence-electron chi connectivity index (χ0n) is 32.6. The Morgan fingerprint density at radius 2 is 0.833 bits per heavy atom. The maximum absolute atomic E-state index is 13.9. The Kier molecular flexibility index (Phi) is 19.0. The minimum Gasteiger partial charge on any atom is -0.377 e. The number of amides is 2. The number of rotatable bonds is 12. The minimum atomic E-state index is -3.97. The molecule has 2 aromatic carbocycles. The van der Waals surface area contributed by atoms with Crippen LogP contribution < -0.4 is 9.44 Å². The lowest BCUT2D eigenvalue weighted by Gasteiger charge is -2.31. The molecule has 1 aliphatic rings. The first kappa shape index (κ1) is 45.4. The maximum atomic E-state index is 13.9. The van der Waals surface area contributed by atoms with Gasteiger partial charge >= 0.3 is 0 Å². The van der Waals surface area contributed by atoms with Crippen LogP contribution in [-0.2, 0) is 48.6 Å². The molecule has 16 heteroatoms. The van der Waals surface area contributed by atoms with Crippen LogP contribution in [0.1, 0.15) is 51.7 Å². The molecule has 54 heavy (non-hydrogen) atoms. The molecule has 2 N–H and O–H groups in total. The molecule has 0 aromatic heterocycles. The highest BCUT2D eigenvalue weighted by Gasteiger charge is 2.34. The van der Waals surface area contributed by atoms with E-state index < -0.39 is 32.1 Å². The second-order valence-corrected chi connectivity index (χ2v) is 17.1. The van der Waals surface area contributed by atoms with Crippen molar-refractivity contribution in [3.8, 4) is 0 Å². The fraction of sp³-hybridized carbons (Fsp3) is 0.632. The van der Waals surface area contributed by atoms with Crippen molar-refractivity contribution in [2.75, 3.05) is 79.0 Å². The van der Waals surface area contributed by atoms with E-state index in [4.69, 9.17) is 18.9 Å². The number of benzene rings is 2. The predicted molar refractivity (Wildman–Crippen MR) is 206 cm³/mol. The molecule has 1 aliphatic heterocycles. The summed E-state index contributed by atoms with van der Waals surface area (Å²) in [7, 11) is -7.93. The van der Waals surface area contributed by atoms with Crippen molar-refractivity contribution in [1.29, 1.82) is 0 Å². The third kappa shape index (κ3) is 14.3. The van der Waals surface area contributed by atoms with Crippen LogP contribution in [0.4, 0.5) is 0 Å². The van der Waals surface area contributed by atoms with E-state index in [-0.39, 0.29) is 112 Å². The van der Waals surface area contributed by atoms with Gasteiger partial charge in [-0.25, -0.2) is 16.8 Å². The molecule has 304 valence electrons. The van der Waals surface area contributed by atoms with Gasteiger partial charge in [-0.1, -0.05) is 75.9 Å². The molecule has 0 unspecified atom stereocenters. The molecule has 2 amide bonds. The van der Waals surface area contributed by atoms with E-state index >= 15 is 0 Å². The number of carbonyl (C=O) groups is 2. The number of carbonyl (C=O) groups excluding carboxylic acids is 2. The fourth-order valence-corrected chi connectivity index (χ4v) is 8.19. The number of nitrogens with zero attached hydrogens (tertiary/aromatic N) is 2. The van der Waals surface area contributed by atoms with E-state index in [0.717, 1.165) is 11.1 Å². The monoisotopic (exact) mass is 796 g/mol. The van der Waals surface area contributed by atoms with Gasteiger partial charge in [0, 0.05) is 26.2 Å². The van der Waals surface area contributed by atoms with Gasteiger partial charge in [0.15, 0.2) is 0 Å². The van der Waals surface area contributed by atoms with Gasteiger partial charge in [-0.3, -0.25) is 9.59 Å². The van der Waals surface area contributed by atoms with E-state index in [1.54, 1.807) is 34.1 Å². The summed E-state index contributed by atoms with van der Waals surface area (Å²) < 4.78 is 81.7. The number of ether oxygens (including phenoxy) is 4. The molecule has 0 saturated carbocycles. The first-order valence-electron chi connectivity index (χ1n) is 18.8. The lowest BCUT2D eigenvalue weighted by atomic mass is 9.99. The smallest absolute Gasteiger partial charge is 0.241 e. The van der Waals surface area contributed by atoms with Crippen molar-refractivity contribution in [2.45, 2.75) is 76.3 Å². The van der Waals surface area contributed by atoms with E-state index in [9.17, 15) is 26.4 Å². The van der Waals surface area contributed by atoms with Crippen LogP contribution in [0.15, 0.2) is 58.3 Å². The van der Waals surface area contributed by atoms with Crippen molar-refractivity contribution >= 4 is 31.9 Å². The van der Waals surface area contributed by atoms with Gasteiger partial charge in [-0.05, 0) is 49.9 Å². The summed E-state index contributed by atoms with van der Waals surface area (Å²) in [6.07, 6.45) is 1.15. The number of aryl methyl sites for hydroxylation is 2. The fourth-order valence-electron chi connectivity index (χ4n) is 5.60. The summed E-state index contributed by atoms with van der Waals surface area (Å²) in [4.78, 5) is 31.1. The van der Waals surface area contributed by atoms with Crippen molar-refractivity contribution in [3.05, 3.63) is 59.7 Å². The van der Waals surface area contributed by atoms with Crippen molar-refractivity contribution in [1.82, 2.24) is 19.2 Å². The second kappa shape index (κ2) is 22.6. The van der Waals surface area contributed by atoms with E-state index in [0.29, 0.717) is 12.8 Å². The van der Waals surface area contributed by atoms with Gasteiger partial charge in [0.1, 0.15) is 12.1 Å². The quantitative estimate of drug-likeness (QED) is 0.326. The third-order valence-electron chi connectivity index (χ3n) is 9.57. The first-order chi connectivity index (χ1) is 25.7. The molecule has 0 spiro atoms. The Morgan fingerprint density at radius 1 is 0.556 bits per heavy atom. The molecule has 1 fully saturated rings. The summed E-state index contributed by atoms with van der Waals surface area (Å²) in [6.45, 7) is 13.6. The molecule has 3 rings (SSSR count). The molecule has 0 radical (unpaired) electrons. The van der Waals surface area contributed by atoms with Gasteiger partial charge in [0.25, 0.3) is 0 Å². The topological polar surface area (TPSA) is 170 Å². The maximum Gasteiger partial charge on any atom is 0.241 e. The van der Waals surface area contributed by atoms with Crippen molar-refractivity contribution < 1.29 is 45.4 Å². The molecule has 14 nitrogen and oxygen atoms in total. The van der Waals surface area contributed by atoms with Gasteiger partial charge in [0.2, 0.25) is 31.9 Å². The molecular formula is C38H60N4O10S2. The average Bonchev–Trinajstić information content (AvgIpc) is 3.15. The highest BCUT2D eigenvalue weighted by molar-refractivity contribution is 7.89. The average molecular weight is 797 g/mol. The predicted octanol–water partition coefficient (Wildman–Crippen LogP) is 3.13. The molecule has 0 aliphatic carbocycles. The van der Waals surface area contributed by atoms with Gasteiger partial charge in [-0.2, -0.15) is 9.44 Å². The van der Waals surface area contributed by atoms with Crippen LogP contribution in [0.3, 0.4) is 0 Å². The summed E-state index contributed by atoms with van der Waals surface area (Å²) in [5.74, 6) is -1.30. The number of nitrogens with one attached hydrogen (secondary N) is 2. The van der Waals surface area contributed by atoms with Crippen LogP contribution in [-0.4, -0.2) is 130 Å². The number of sulfonamides is 2. The van der Waals surface area contributed by atoms with E-state index in [1.165, 1.54) is 24.3 Å². The van der Waals surface area contributed by atoms with Crippen LogP contribution in [0.25, 0.3) is 0 Å². The summed E-state index contributed by atoms with van der Waals surface area (Å²) >= 11 is 0. The van der Waals surface area contributed by atoms with Crippen molar-refractivity contribution in [2.24, 2.45) is 11.8 Å². The van der Waals surface area contributed by atoms with Gasteiger partial charge < -0.3 is 28.7 Å². The standard InChI is InChI=1S/C38H60N4O10S2/c1-7-31(5)35(39-53(45,46)33-13-9-29(3)10-14-33)37(43)41-17-21-49-25-27-51-23-19-42(20-24-52-28-26-50-22-18-41)38(44)36(32(6)8-2)40-54(47,48)34-15-11-30(4)12-16-34/h9-16,31-32,35-36,39-40H,7-8,17-28H2,1-6H3/t31-,32-,35-,36+/m0/s1. The molecule has 4 atom stereocenters. The molecule has 1 heterocycles.